The number of halogens is 1. The summed E-state index contributed by atoms with van der Waals surface area (Å²) < 4.78 is 18.6. The third-order valence-electron chi connectivity index (χ3n) is 2.59. The number of hydrogen-bond donors (Lipinski definition) is 0. The Bertz CT molecular complexity index is 449. The van der Waals surface area contributed by atoms with Gasteiger partial charge >= 0.3 is 0 Å². The monoisotopic (exact) mass is 220 g/mol. The van der Waals surface area contributed by atoms with Crippen molar-refractivity contribution in [3.05, 3.63) is 47.0 Å². The predicted octanol–water partition coefficient (Wildman–Crippen LogP) is 3.01. The number of carbonyl (C=O) groups excluding carboxylic acids is 1. The summed E-state index contributed by atoms with van der Waals surface area (Å²) in [5.74, 6) is -0.733. The Kier molecular flexibility index (Phi) is 3.04. The van der Waals surface area contributed by atoms with Crippen LogP contribution in [0.3, 0.4) is 0 Å². The van der Waals surface area contributed by atoms with Gasteiger partial charge in [0.25, 0.3) is 0 Å². The minimum Gasteiger partial charge on any atom is -0.501 e. The number of ketones is 1. The van der Waals surface area contributed by atoms with Crippen molar-refractivity contribution in [2.45, 2.75) is 19.8 Å². The van der Waals surface area contributed by atoms with Gasteiger partial charge in [-0.05, 0) is 31.9 Å². The Labute approximate surface area is 93.7 Å². The molecule has 0 unspecified atom stereocenters. The van der Waals surface area contributed by atoms with Gasteiger partial charge in [-0.2, -0.15) is 0 Å². The Balaban J connectivity index is 2.33. The highest BCUT2D eigenvalue weighted by molar-refractivity contribution is 6.08. The van der Waals surface area contributed by atoms with Crippen LogP contribution in [0.25, 0.3) is 0 Å². The molecule has 0 spiro atoms. The number of hydrogen-bond acceptors (Lipinski definition) is 2. The van der Waals surface area contributed by atoms with Crippen LogP contribution in [0, 0.1) is 12.7 Å². The molecule has 2 nitrogen and oxygen atoms in total. The zero-order chi connectivity index (χ0) is 11.5. The molecule has 16 heavy (non-hydrogen) atoms. The fraction of sp³-hybridized carbons (Fsp3) is 0.308. The lowest BCUT2D eigenvalue weighted by molar-refractivity contribution is 0.101. The van der Waals surface area contributed by atoms with E-state index in [0.717, 1.165) is 12.0 Å². The van der Waals surface area contributed by atoms with Crippen molar-refractivity contribution in [1.29, 1.82) is 0 Å². The number of rotatable bonds is 2. The molecular weight excluding hydrogens is 207 g/mol. The van der Waals surface area contributed by atoms with E-state index in [1.54, 1.807) is 12.1 Å². The van der Waals surface area contributed by atoms with E-state index in [-0.39, 0.29) is 11.3 Å². The SMILES string of the molecule is Cc1ccc(F)c(C(=O)C2=COCCC2)c1. The van der Waals surface area contributed by atoms with Crippen molar-refractivity contribution < 1.29 is 13.9 Å². The van der Waals surface area contributed by atoms with Gasteiger partial charge in [0.2, 0.25) is 0 Å². The summed E-state index contributed by atoms with van der Waals surface area (Å²) >= 11 is 0. The van der Waals surface area contributed by atoms with Gasteiger partial charge in [0, 0.05) is 5.57 Å². The summed E-state index contributed by atoms with van der Waals surface area (Å²) in [6, 6.07) is 4.55. The molecule has 1 aliphatic rings. The Morgan fingerprint density at radius 3 is 2.94 bits per heavy atom. The first-order valence-corrected chi connectivity index (χ1v) is 5.30. The fourth-order valence-corrected chi connectivity index (χ4v) is 1.72. The molecule has 0 atom stereocenters. The smallest absolute Gasteiger partial charge is 0.195 e. The molecule has 1 aliphatic heterocycles. The molecule has 0 aromatic heterocycles. The average molecular weight is 220 g/mol. The molecule has 0 fully saturated rings. The van der Waals surface area contributed by atoms with Crippen LogP contribution in [0.4, 0.5) is 4.39 Å². The normalized spacial score (nSPS) is 15.2. The summed E-state index contributed by atoms with van der Waals surface area (Å²) in [7, 11) is 0. The number of ether oxygens (including phenoxy) is 1. The van der Waals surface area contributed by atoms with E-state index in [2.05, 4.69) is 0 Å². The van der Waals surface area contributed by atoms with Crippen LogP contribution >= 0.6 is 0 Å². The summed E-state index contributed by atoms with van der Waals surface area (Å²) in [6.45, 7) is 2.47. The van der Waals surface area contributed by atoms with Crippen LogP contribution in [0.2, 0.25) is 0 Å². The average Bonchev–Trinajstić information content (AvgIpc) is 2.32. The van der Waals surface area contributed by atoms with Gasteiger partial charge in [0.15, 0.2) is 5.78 Å². The Morgan fingerprint density at radius 2 is 2.25 bits per heavy atom. The second-order valence-electron chi connectivity index (χ2n) is 3.93. The molecule has 84 valence electrons. The lowest BCUT2D eigenvalue weighted by Gasteiger charge is -2.13. The van der Waals surface area contributed by atoms with Crippen LogP contribution in [-0.4, -0.2) is 12.4 Å². The van der Waals surface area contributed by atoms with Crippen molar-refractivity contribution in [2.75, 3.05) is 6.61 Å². The van der Waals surface area contributed by atoms with E-state index in [1.165, 1.54) is 12.3 Å². The zero-order valence-electron chi connectivity index (χ0n) is 9.13. The van der Waals surface area contributed by atoms with Gasteiger partial charge in [0.05, 0.1) is 18.4 Å². The molecule has 3 heteroatoms. The van der Waals surface area contributed by atoms with Crippen LogP contribution in [0.15, 0.2) is 30.0 Å². The topological polar surface area (TPSA) is 26.3 Å². The number of allylic oxidation sites excluding steroid dienone is 1. The zero-order valence-corrected chi connectivity index (χ0v) is 9.13. The second-order valence-corrected chi connectivity index (χ2v) is 3.93. The minimum atomic E-state index is -0.470. The maximum atomic E-state index is 13.5. The molecule has 0 saturated heterocycles. The van der Waals surface area contributed by atoms with Crippen molar-refractivity contribution in [1.82, 2.24) is 0 Å². The molecule has 0 bridgehead atoms. The van der Waals surface area contributed by atoms with Gasteiger partial charge in [0.1, 0.15) is 5.82 Å². The van der Waals surface area contributed by atoms with Crippen molar-refractivity contribution in [3.63, 3.8) is 0 Å². The van der Waals surface area contributed by atoms with E-state index < -0.39 is 5.82 Å². The first-order chi connectivity index (χ1) is 7.68. The summed E-state index contributed by atoms with van der Waals surface area (Å²) in [5, 5.41) is 0. The van der Waals surface area contributed by atoms with Crippen molar-refractivity contribution in [2.24, 2.45) is 0 Å². The third kappa shape index (κ3) is 2.13. The predicted molar refractivity (Wildman–Crippen MR) is 58.7 cm³/mol. The van der Waals surface area contributed by atoms with Gasteiger partial charge in [-0.3, -0.25) is 4.79 Å². The molecule has 2 rings (SSSR count). The van der Waals surface area contributed by atoms with Gasteiger partial charge in [-0.1, -0.05) is 11.6 Å². The molecule has 0 radical (unpaired) electrons. The number of benzene rings is 1. The molecule has 1 aromatic carbocycles. The first-order valence-electron chi connectivity index (χ1n) is 5.30. The van der Waals surface area contributed by atoms with Crippen molar-refractivity contribution >= 4 is 5.78 Å². The highest BCUT2D eigenvalue weighted by Crippen LogP contribution is 2.20. The standard InChI is InChI=1S/C13H13FO2/c1-9-4-5-12(14)11(7-9)13(15)10-3-2-6-16-8-10/h4-5,7-8H,2-3,6H2,1H3. The molecule has 0 saturated carbocycles. The summed E-state index contributed by atoms with van der Waals surface area (Å²) in [6.07, 6.45) is 2.92. The second kappa shape index (κ2) is 4.47. The van der Waals surface area contributed by atoms with Gasteiger partial charge in [-0.25, -0.2) is 4.39 Å². The number of Topliss-reactive ketones (excluding diaryl/α,β-unsaturated/α-hetero) is 1. The molecule has 0 N–H and O–H groups in total. The maximum absolute atomic E-state index is 13.5. The Hall–Kier alpha value is -1.64. The van der Waals surface area contributed by atoms with Crippen LogP contribution in [0.1, 0.15) is 28.8 Å². The largest absolute Gasteiger partial charge is 0.501 e. The first kappa shape index (κ1) is 10.9. The van der Waals surface area contributed by atoms with E-state index in [4.69, 9.17) is 4.74 Å². The summed E-state index contributed by atoms with van der Waals surface area (Å²) in [5.41, 5.74) is 1.56. The summed E-state index contributed by atoms with van der Waals surface area (Å²) in [4.78, 5) is 12.0. The third-order valence-corrected chi connectivity index (χ3v) is 2.59. The molecule has 1 aromatic rings. The molecular formula is C13H13FO2. The van der Waals surface area contributed by atoms with E-state index >= 15 is 0 Å². The number of carbonyl (C=O) groups is 1. The lowest BCUT2D eigenvalue weighted by atomic mass is 9.98. The van der Waals surface area contributed by atoms with Crippen LogP contribution in [-0.2, 0) is 4.74 Å². The van der Waals surface area contributed by atoms with Gasteiger partial charge in [-0.15, -0.1) is 0 Å². The van der Waals surface area contributed by atoms with Crippen LogP contribution < -0.4 is 0 Å². The van der Waals surface area contributed by atoms with E-state index in [0.29, 0.717) is 18.6 Å². The Morgan fingerprint density at radius 1 is 1.44 bits per heavy atom. The quantitative estimate of drug-likeness (QED) is 0.716. The van der Waals surface area contributed by atoms with Crippen molar-refractivity contribution in [3.8, 4) is 0 Å². The number of aryl methyl sites for hydroxylation is 1. The minimum absolute atomic E-state index is 0.136. The molecule has 0 aliphatic carbocycles. The highest BCUT2D eigenvalue weighted by Gasteiger charge is 2.18. The lowest BCUT2D eigenvalue weighted by Crippen LogP contribution is -2.11. The highest BCUT2D eigenvalue weighted by atomic mass is 19.1. The molecule has 1 heterocycles. The van der Waals surface area contributed by atoms with Gasteiger partial charge < -0.3 is 4.74 Å². The molecule has 0 amide bonds. The van der Waals surface area contributed by atoms with Crippen LogP contribution in [0.5, 0.6) is 0 Å². The van der Waals surface area contributed by atoms with E-state index in [9.17, 15) is 9.18 Å². The fourth-order valence-electron chi connectivity index (χ4n) is 1.72. The van der Waals surface area contributed by atoms with E-state index in [1.807, 2.05) is 6.92 Å². The maximum Gasteiger partial charge on any atom is 0.195 e.